The number of aryl methyl sites for hydroxylation is 1. The van der Waals surface area contributed by atoms with Crippen molar-refractivity contribution in [3.05, 3.63) is 30.6 Å². The zero-order chi connectivity index (χ0) is 12.7. The maximum atomic E-state index is 5.91. The average Bonchev–Trinajstić information content (AvgIpc) is 2.70. The van der Waals surface area contributed by atoms with Crippen molar-refractivity contribution in [3.8, 4) is 11.3 Å². The normalized spacial score (nSPS) is 10.9. The second-order valence-electron chi connectivity index (χ2n) is 4.05. The lowest BCUT2D eigenvalue weighted by Gasteiger charge is -1.99. The lowest BCUT2D eigenvalue weighted by atomic mass is 10.1. The van der Waals surface area contributed by atoms with Crippen molar-refractivity contribution in [1.29, 1.82) is 0 Å². The predicted octanol–water partition coefficient (Wildman–Crippen LogP) is 1.19. The van der Waals surface area contributed by atoms with Gasteiger partial charge in [-0.1, -0.05) is 12.1 Å². The van der Waals surface area contributed by atoms with Crippen LogP contribution >= 0.6 is 0 Å². The van der Waals surface area contributed by atoms with Gasteiger partial charge in [0.1, 0.15) is 17.8 Å². The molecule has 2 heterocycles. The van der Waals surface area contributed by atoms with Crippen molar-refractivity contribution in [2.24, 2.45) is 7.05 Å². The first-order valence-electron chi connectivity index (χ1n) is 5.46. The summed E-state index contributed by atoms with van der Waals surface area (Å²) >= 11 is 0. The first-order chi connectivity index (χ1) is 8.66. The van der Waals surface area contributed by atoms with Crippen molar-refractivity contribution < 1.29 is 0 Å². The molecular weight excluding hydrogens is 228 g/mol. The molecule has 1 aromatic carbocycles. The molecule has 0 aliphatic heterocycles. The van der Waals surface area contributed by atoms with Crippen LogP contribution in [-0.4, -0.2) is 19.7 Å². The molecular formula is C12H12N6. The summed E-state index contributed by atoms with van der Waals surface area (Å²) in [6.07, 6.45) is 1.44. The first kappa shape index (κ1) is 10.5. The molecule has 0 bridgehead atoms. The molecule has 0 saturated carbocycles. The maximum absolute atomic E-state index is 5.91. The van der Waals surface area contributed by atoms with Crippen molar-refractivity contribution in [3.63, 3.8) is 0 Å². The first-order valence-corrected chi connectivity index (χ1v) is 5.46. The average molecular weight is 240 g/mol. The number of benzene rings is 1. The highest BCUT2D eigenvalue weighted by molar-refractivity contribution is 5.98. The van der Waals surface area contributed by atoms with E-state index in [4.69, 9.17) is 11.5 Å². The summed E-state index contributed by atoms with van der Waals surface area (Å²) in [5, 5.41) is 5.21. The van der Waals surface area contributed by atoms with Gasteiger partial charge in [-0.15, -0.1) is 0 Å². The van der Waals surface area contributed by atoms with Gasteiger partial charge in [-0.25, -0.2) is 14.6 Å². The standard InChI is InChI=1S/C12H12N6/c1-18-12-9(11(14)15-6-16-12)10(17-18)7-2-4-8(13)5-3-7/h2-6H,13H2,1H3,(H2,14,15,16). The third kappa shape index (κ3) is 1.46. The molecule has 0 aliphatic rings. The van der Waals surface area contributed by atoms with E-state index in [1.165, 1.54) is 6.33 Å². The van der Waals surface area contributed by atoms with Crippen LogP contribution in [-0.2, 0) is 7.05 Å². The lowest BCUT2D eigenvalue weighted by Crippen LogP contribution is -1.95. The molecule has 4 N–H and O–H groups in total. The zero-order valence-corrected chi connectivity index (χ0v) is 9.83. The highest BCUT2D eigenvalue weighted by Crippen LogP contribution is 2.29. The summed E-state index contributed by atoms with van der Waals surface area (Å²) < 4.78 is 1.69. The molecule has 0 atom stereocenters. The number of nitrogens with two attached hydrogens (primary N) is 2. The molecule has 0 fully saturated rings. The van der Waals surface area contributed by atoms with Gasteiger partial charge < -0.3 is 11.5 Å². The van der Waals surface area contributed by atoms with E-state index in [1.807, 2.05) is 31.3 Å². The highest BCUT2D eigenvalue weighted by atomic mass is 15.3. The Morgan fingerprint density at radius 1 is 1.06 bits per heavy atom. The SMILES string of the molecule is Cn1nc(-c2ccc(N)cc2)c2c(N)ncnc21. The molecule has 0 unspecified atom stereocenters. The number of aromatic nitrogens is 4. The van der Waals surface area contributed by atoms with Crippen LogP contribution in [0.1, 0.15) is 0 Å². The van der Waals surface area contributed by atoms with Gasteiger partial charge in [0, 0.05) is 18.3 Å². The third-order valence-electron chi connectivity index (χ3n) is 2.83. The summed E-state index contributed by atoms with van der Waals surface area (Å²) in [4.78, 5) is 8.20. The van der Waals surface area contributed by atoms with E-state index in [0.29, 0.717) is 17.2 Å². The van der Waals surface area contributed by atoms with Crippen molar-refractivity contribution in [2.45, 2.75) is 0 Å². The number of anilines is 2. The van der Waals surface area contributed by atoms with Gasteiger partial charge >= 0.3 is 0 Å². The lowest BCUT2D eigenvalue weighted by molar-refractivity contribution is 0.789. The highest BCUT2D eigenvalue weighted by Gasteiger charge is 2.14. The predicted molar refractivity (Wildman–Crippen MR) is 70.6 cm³/mol. The maximum Gasteiger partial charge on any atom is 0.163 e. The number of nitrogen functional groups attached to an aromatic ring is 2. The Balaban J connectivity index is 2.32. The fourth-order valence-electron chi connectivity index (χ4n) is 1.95. The molecule has 6 nitrogen and oxygen atoms in total. The number of fused-ring (bicyclic) bond motifs is 1. The number of nitrogens with zero attached hydrogens (tertiary/aromatic N) is 4. The van der Waals surface area contributed by atoms with Crippen LogP contribution in [0.2, 0.25) is 0 Å². The van der Waals surface area contributed by atoms with Gasteiger partial charge in [0.05, 0.1) is 5.39 Å². The summed E-state index contributed by atoms with van der Waals surface area (Å²) in [5.41, 5.74) is 14.7. The number of rotatable bonds is 1. The van der Waals surface area contributed by atoms with Gasteiger partial charge in [-0.3, -0.25) is 0 Å². The van der Waals surface area contributed by atoms with Crippen LogP contribution in [0, 0.1) is 0 Å². The Morgan fingerprint density at radius 2 is 1.78 bits per heavy atom. The van der Waals surface area contributed by atoms with Gasteiger partial charge in [-0.05, 0) is 12.1 Å². The van der Waals surface area contributed by atoms with E-state index < -0.39 is 0 Å². The van der Waals surface area contributed by atoms with Crippen LogP contribution in [0.15, 0.2) is 30.6 Å². The van der Waals surface area contributed by atoms with Crippen LogP contribution in [0.3, 0.4) is 0 Å². The van der Waals surface area contributed by atoms with Crippen LogP contribution in [0.4, 0.5) is 11.5 Å². The molecule has 90 valence electrons. The third-order valence-corrected chi connectivity index (χ3v) is 2.83. The molecule has 3 rings (SSSR count). The second kappa shape index (κ2) is 3.69. The van der Waals surface area contributed by atoms with Gasteiger partial charge in [0.25, 0.3) is 0 Å². The van der Waals surface area contributed by atoms with E-state index in [0.717, 1.165) is 16.6 Å². The zero-order valence-electron chi connectivity index (χ0n) is 9.83. The van der Waals surface area contributed by atoms with E-state index in [1.54, 1.807) is 4.68 Å². The Labute approximate surface area is 103 Å². The van der Waals surface area contributed by atoms with Crippen LogP contribution < -0.4 is 11.5 Å². The minimum atomic E-state index is 0.430. The van der Waals surface area contributed by atoms with Gasteiger partial charge in [0.15, 0.2) is 5.65 Å². The molecule has 0 amide bonds. The van der Waals surface area contributed by atoms with E-state index in [9.17, 15) is 0 Å². The second-order valence-corrected chi connectivity index (χ2v) is 4.05. The summed E-state index contributed by atoms with van der Waals surface area (Å²) in [6.45, 7) is 0. The topological polar surface area (TPSA) is 95.6 Å². The Morgan fingerprint density at radius 3 is 2.50 bits per heavy atom. The quantitative estimate of drug-likeness (QED) is 0.623. The molecule has 0 aliphatic carbocycles. The summed E-state index contributed by atoms with van der Waals surface area (Å²) in [5.74, 6) is 0.430. The summed E-state index contributed by atoms with van der Waals surface area (Å²) in [7, 11) is 1.83. The van der Waals surface area contributed by atoms with Crippen molar-refractivity contribution in [2.75, 3.05) is 11.5 Å². The van der Waals surface area contributed by atoms with Crippen LogP contribution in [0.25, 0.3) is 22.3 Å². The molecule has 3 aromatic rings. The smallest absolute Gasteiger partial charge is 0.163 e. The van der Waals surface area contributed by atoms with E-state index >= 15 is 0 Å². The molecule has 18 heavy (non-hydrogen) atoms. The number of hydrogen-bond donors (Lipinski definition) is 2. The Hall–Kier alpha value is -2.63. The Kier molecular flexibility index (Phi) is 2.16. The van der Waals surface area contributed by atoms with E-state index in [2.05, 4.69) is 15.1 Å². The molecule has 0 saturated heterocycles. The Bertz CT molecular complexity index is 713. The van der Waals surface area contributed by atoms with Crippen LogP contribution in [0.5, 0.6) is 0 Å². The fourth-order valence-corrected chi connectivity index (χ4v) is 1.95. The minimum Gasteiger partial charge on any atom is -0.399 e. The van der Waals surface area contributed by atoms with Gasteiger partial charge in [0.2, 0.25) is 0 Å². The minimum absolute atomic E-state index is 0.430. The molecule has 0 spiro atoms. The van der Waals surface area contributed by atoms with Crippen molar-refractivity contribution >= 4 is 22.5 Å². The van der Waals surface area contributed by atoms with Crippen molar-refractivity contribution in [1.82, 2.24) is 19.7 Å². The largest absolute Gasteiger partial charge is 0.399 e. The molecule has 0 radical (unpaired) electrons. The molecule has 2 aromatic heterocycles. The fraction of sp³-hybridized carbons (Fsp3) is 0.0833. The van der Waals surface area contributed by atoms with E-state index in [-0.39, 0.29) is 0 Å². The van der Waals surface area contributed by atoms with Gasteiger partial charge in [-0.2, -0.15) is 5.10 Å². The summed E-state index contributed by atoms with van der Waals surface area (Å²) in [6, 6.07) is 7.47. The number of hydrogen-bond acceptors (Lipinski definition) is 5. The molecule has 6 heteroatoms. The monoisotopic (exact) mass is 240 g/mol.